The number of hydrogen-bond acceptors (Lipinski definition) is 2. The molecule has 1 heterocycles. The standard InChI is InChI=1S/C16H23NO2/c1-9(2)8-16(3,4)17-14(18)12-10-5-6-11(7-10)13(12)15(17)19/h5-6,9-13H,7-8H2,1-4H3. The monoisotopic (exact) mass is 261 g/mol. The third kappa shape index (κ3) is 1.70. The van der Waals surface area contributed by atoms with Gasteiger partial charge in [0.25, 0.3) is 0 Å². The van der Waals surface area contributed by atoms with Crippen molar-refractivity contribution in [2.24, 2.45) is 29.6 Å². The molecule has 2 amide bonds. The van der Waals surface area contributed by atoms with E-state index in [0.717, 1.165) is 12.8 Å². The van der Waals surface area contributed by atoms with Crippen molar-refractivity contribution in [3.05, 3.63) is 12.2 Å². The molecule has 3 aliphatic rings. The molecule has 0 aromatic rings. The number of rotatable bonds is 3. The largest absolute Gasteiger partial charge is 0.276 e. The molecular formula is C16H23NO2. The Morgan fingerprint density at radius 1 is 1.16 bits per heavy atom. The van der Waals surface area contributed by atoms with Crippen molar-refractivity contribution in [3.63, 3.8) is 0 Å². The van der Waals surface area contributed by atoms with Crippen molar-refractivity contribution in [2.45, 2.75) is 46.1 Å². The summed E-state index contributed by atoms with van der Waals surface area (Å²) in [5.74, 6) is 1.14. The van der Waals surface area contributed by atoms with E-state index in [2.05, 4.69) is 26.0 Å². The van der Waals surface area contributed by atoms with E-state index in [9.17, 15) is 9.59 Å². The minimum absolute atomic E-state index is 0.0612. The van der Waals surface area contributed by atoms with Crippen molar-refractivity contribution in [1.82, 2.24) is 4.90 Å². The predicted molar refractivity (Wildman–Crippen MR) is 73.1 cm³/mol. The molecule has 2 bridgehead atoms. The maximum atomic E-state index is 12.7. The van der Waals surface area contributed by atoms with Gasteiger partial charge in [-0.15, -0.1) is 0 Å². The molecule has 104 valence electrons. The van der Waals surface area contributed by atoms with Gasteiger partial charge in [0.2, 0.25) is 11.8 Å². The summed E-state index contributed by atoms with van der Waals surface area (Å²) in [5, 5.41) is 0. The molecule has 3 nitrogen and oxygen atoms in total. The fourth-order valence-corrected chi connectivity index (χ4v) is 4.59. The number of hydrogen-bond donors (Lipinski definition) is 0. The lowest BCUT2D eigenvalue weighted by molar-refractivity contribution is -0.147. The molecule has 0 aromatic heterocycles. The van der Waals surface area contributed by atoms with Gasteiger partial charge in [-0.25, -0.2) is 0 Å². The molecule has 1 saturated heterocycles. The number of nitrogens with zero attached hydrogens (tertiary/aromatic N) is 1. The van der Waals surface area contributed by atoms with Gasteiger partial charge in [-0.3, -0.25) is 14.5 Å². The van der Waals surface area contributed by atoms with Gasteiger partial charge in [-0.1, -0.05) is 26.0 Å². The summed E-state index contributed by atoms with van der Waals surface area (Å²) in [7, 11) is 0. The lowest BCUT2D eigenvalue weighted by Crippen LogP contribution is -2.49. The van der Waals surface area contributed by atoms with Gasteiger partial charge in [0.1, 0.15) is 0 Å². The van der Waals surface area contributed by atoms with Crippen molar-refractivity contribution < 1.29 is 9.59 Å². The van der Waals surface area contributed by atoms with Gasteiger partial charge in [-0.2, -0.15) is 0 Å². The van der Waals surface area contributed by atoms with Crippen LogP contribution in [-0.4, -0.2) is 22.3 Å². The number of amides is 2. The number of carbonyl (C=O) groups excluding carboxylic acids is 2. The number of imide groups is 1. The Balaban J connectivity index is 1.90. The third-order valence-corrected chi connectivity index (χ3v) is 4.98. The van der Waals surface area contributed by atoms with Crippen LogP contribution in [0.15, 0.2) is 12.2 Å². The van der Waals surface area contributed by atoms with Gasteiger partial charge in [0.05, 0.1) is 11.8 Å². The number of fused-ring (bicyclic) bond motifs is 5. The third-order valence-electron chi connectivity index (χ3n) is 4.98. The summed E-state index contributed by atoms with van der Waals surface area (Å²) >= 11 is 0. The maximum absolute atomic E-state index is 12.7. The second kappa shape index (κ2) is 3.94. The van der Waals surface area contributed by atoms with Crippen LogP contribution in [0.1, 0.15) is 40.5 Å². The molecule has 0 spiro atoms. The first-order valence-corrected chi connectivity index (χ1v) is 7.39. The highest BCUT2D eigenvalue weighted by molar-refractivity contribution is 6.07. The van der Waals surface area contributed by atoms with Crippen LogP contribution in [0.4, 0.5) is 0 Å². The van der Waals surface area contributed by atoms with Gasteiger partial charge in [0.15, 0.2) is 0 Å². The molecule has 1 saturated carbocycles. The Morgan fingerprint density at radius 2 is 1.63 bits per heavy atom. The fourth-order valence-electron chi connectivity index (χ4n) is 4.59. The van der Waals surface area contributed by atoms with Crippen LogP contribution in [-0.2, 0) is 9.59 Å². The first-order chi connectivity index (χ1) is 8.83. The van der Waals surface area contributed by atoms with Gasteiger partial charge < -0.3 is 0 Å². The number of likely N-dealkylation sites (tertiary alicyclic amines) is 1. The summed E-state index contributed by atoms with van der Waals surface area (Å²) < 4.78 is 0. The van der Waals surface area contributed by atoms with E-state index >= 15 is 0 Å². The molecule has 2 fully saturated rings. The Morgan fingerprint density at radius 3 is 2.05 bits per heavy atom. The molecule has 3 heteroatoms. The predicted octanol–water partition coefficient (Wildman–Crippen LogP) is 2.62. The summed E-state index contributed by atoms with van der Waals surface area (Å²) in [4.78, 5) is 27.0. The van der Waals surface area contributed by atoms with Crippen molar-refractivity contribution in [2.75, 3.05) is 0 Å². The zero-order valence-corrected chi connectivity index (χ0v) is 12.2. The van der Waals surface area contributed by atoms with E-state index in [1.54, 1.807) is 4.90 Å². The molecule has 4 unspecified atom stereocenters. The minimum Gasteiger partial charge on any atom is -0.276 e. The van der Waals surface area contributed by atoms with E-state index in [0.29, 0.717) is 17.8 Å². The Kier molecular flexibility index (Phi) is 2.67. The highest BCUT2D eigenvalue weighted by Crippen LogP contribution is 2.53. The van der Waals surface area contributed by atoms with E-state index in [1.807, 2.05) is 13.8 Å². The van der Waals surface area contributed by atoms with Crippen molar-refractivity contribution in [3.8, 4) is 0 Å². The highest BCUT2D eigenvalue weighted by Gasteiger charge is 2.61. The fraction of sp³-hybridized carbons (Fsp3) is 0.750. The summed E-state index contributed by atoms with van der Waals surface area (Å²) in [6.07, 6.45) is 6.17. The van der Waals surface area contributed by atoms with Crippen molar-refractivity contribution >= 4 is 11.8 Å². The minimum atomic E-state index is -0.355. The topological polar surface area (TPSA) is 37.4 Å². The summed E-state index contributed by atoms with van der Waals surface area (Å²) in [6, 6.07) is 0. The maximum Gasteiger partial charge on any atom is 0.234 e. The van der Waals surface area contributed by atoms with Gasteiger partial charge in [-0.05, 0) is 44.4 Å². The lowest BCUT2D eigenvalue weighted by atomic mass is 9.85. The Bertz CT molecular complexity index is 433. The van der Waals surface area contributed by atoms with Crippen LogP contribution in [0.25, 0.3) is 0 Å². The molecule has 0 radical (unpaired) electrons. The van der Waals surface area contributed by atoms with Crippen LogP contribution in [0.2, 0.25) is 0 Å². The first-order valence-electron chi connectivity index (χ1n) is 7.39. The Hall–Kier alpha value is -1.12. The zero-order valence-electron chi connectivity index (χ0n) is 12.2. The van der Waals surface area contributed by atoms with E-state index in [4.69, 9.17) is 0 Å². The van der Waals surface area contributed by atoms with Crippen LogP contribution < -0.4 is 0 Å². The van der Waals surface area contributed by atoms with E-state index in [-0.39, 0.29) is 29.2 Å². The summed E-state index contributed by atoms with van der Waals surface area (Å²) in [6.45, 7) is 8.33. The zero-order chi connectivity index (χ0) is 13.9. The number of carbonyl (C=O) groups is 2. The second-order valence-electron chi connectivity index (χ2n) is 7.42. The molecule has 0 aromatic carbocycles. The average molecular weight is 261 g/mol. The van der Waals surface area contributed by atoms with Crippen LogP contribution >= 0.6 is 0 Å². The molecule has 0 N–H and O–H groups in total. The molecule has 2 aliphatic carbocycles. The van der Waals surface area contributed by atoms with Crippen LogP contribution in [0.3, 0.4) is 0 Å². The second-order valence-corrected chi connectivity index (χ2v) is 7.42. The van der Waals surface area contributed by atoms with Gasteiger partial charge in [0, 0.05) is 5.54 Å². The van der Waals surface area contributed by atoms with Crippen molar-refractivity contribution in [1.29, 1.82) is 0 Å². The summed E-state index contributed by atoms with van der Waals surface area (Å²) in [5.41, 5.74) is -0.355. The Labute approximate surface area is 115 Å². The quantitative estimate of drug-likeness (QED) is 0.578. The highest BCUT2D eigenvalue weighted by atomic mass is 16.2. The lowest BCUT2D eigenvalue weighted by Gasteiger charge is -2.36. The first kappa shape index (κ1) is 12.9. The SMILES string of the molecule is CC(C)CC(C)(C)N1C(=O)C2C3C=CC(C3)C2C1=O. The normalized spacial score (nSPS) is 36.8. The average Bonchev–Trinajstić information content (AvgIpc) is 2.90. The molecule has 3 rings (SSSR count). The smallest absolute Gasteiger partial charge is 0.234 e. The molecule has 19 heavy (non-hydrogen) atoms. The van der Waals surface area contributed by atoms with Crippen LogP contribution in [0.5, 0.6) is 0 Å². The molecular weight excluding hydrogens is 238 g/mol. The van der Waals surface area contributed by atoms with E-state index in [1.165, 1.54) is 0 Å². The van der Waals surface area contributed by atoms with Crippen LogP contribution in [0, 0.1) is 29.6 Å². The van der Waals surface area contributed by atoms with Gasteiger partial charge >= 0.3 is 0 Å². The number of allylic oxidation sites excluding steroid dienone is 2. The van der Waals surface area contributed by atoms with E-state index < -0.39 is 0 Å². The molecule has 1 aliphatic heterocycles. The molecule has 4 atom stereocenters.